The van der Waals surface area contributed by atoms with Crippen molar-refractivity contribution in [2.75, 3.05) is 13.2 Å². The van der Waals surface area contributed by atoms with E-state index in [1.807, 2.05) is 0 Å². The summed E-state index contributed by atoms with van der Waals surface area (Å²) in [6, 6.07) is 0.669. The lowest BCUT2D eigenvalue weighted by atomic mass is 9.82. The van der Waals surface area contributed by atoms with Gasteiger partial charge in [0.25, 0.3) is 0 Å². The second-order valence-electron chi connectivity index (χ2n) is 5.88. The van der Waals surface area contributed by atoms with Crippen LogP contribution in [-0.2, 0) is 4.74 Å². The molecule has 1 saturated carbocycles. The summed E-state index contributed by atoms with van der Waals surface area (Å²) in [5, 5.41) is 3.56. The van der Waals surface area contributed by atoms with Gasteiger partial charge in [-0.3, -0.25) is 0 Å². The van der Waals surface area contributed by atoms with Crippen LogP contribution in [0.1, 0.15) is 59.8 Å². The first-order chi connectivity index (χ1) is 8.15. The minimum Gasteiger partial charge on any atom is -0.377 e. The zero-order chi connectivity index (χ0) is 12.7. The Balaban J connectivity index is 2.09. The van der Waals surface area contributed by atoms with E-state index in [-0.39, 0.29) is 0 Å². The molecule has 0 bridgehead atoms. The van der Waals surface area contributed by atoms with Gasteiger partial charge in [0.15, 0.2) is 0 Å². The molecule has 17 heavy (non-hydrogen) atoms. The summed E-state index contributed by atoms with van der Waals surface area (Å²) in [4.78, 5) is 0. The van der Waals surface area contributed by atoms with Crippen LogP contribution >= 0.6 is 0 Å². The molecule has 0 radical (unpaired) electrons. The number of ether oxygens (including phenoxy) is 1. The second kappa shape index (κ2) is 8.10. The van der Waals surface area contributed by atoms with Crippen molar-refractivity contribution in [2.24, 2.45) is 11.8 Å². The maximum absolute atomic E-state index is 6.00. The molecular formula is C15H31NO. The lowest BCUT2D eigenvalue weighted by Gasteiger charge is -2.31. The Morgan fingerprint density at radius 3 is 2.18 bits per heavy atom. The summed E-state index contributed by atoms with van der Waals surface area (Å²) in [6.45, 7) is 11.1. The van der Waals surface area contributed by atoms with Gasteiger partial charge in [-0.2, -0.15) is 0 Å². The topological polar surface area (TPSA) is 21.3 Å². The predicted octanol–water partition coefficient (Wildman–Crippen LogP) is 3.61. The van der Waals surface area contributed by atoms with Gasteiger partial charge in [0, 0.05) is 12.6 Å². The standard InChI is InChI=1S/C15H31NO/c1-5-14(6-2)16-7-8-17-15-10-12(3)9-13(4)11-15/h12-16H,5-11H2,1-4H3. The van der Waals surface area contributed by atoms with Crippen LogP contribution < -0.4 is 5.32 Å². The first-order valence-electron chi connectivity index (χ1n) is 7.50. The molecule has 0 amide bonds. The van der Waals surface area contributed by atoms with Crippen molar-refractivity contribution in [1.82, 2.24) is 5.32 Å². The molecule has 2 unspecified atom stereocenters. The highest BCUT2D eigenvalue weighted by atomic mass is 16.5. The molecule has 1 aliphatic carbocycles. The molecule has 0 spiro atoms. The van der Waals surface area contributed by atoms with Crippen molar-refractivity contribution < 1.29 is 4.74 Å². The molecule has 0 aromatic heterocycles. The normalized spacial score (nSPS) is 29.8. The van der Waals surface area contributed by atoms with Crippen molar-refractivity contribution >= 4 is 0 Å². The molecule has 2 atom stereocenters. The molecule has 1 rings (SSSR count). The minimum atomic E-state index is 0.511. The van der Waals surface area contributed by atoms with Crippen LogP contribution in [0, 0.1) is 11.8 Å². The van der Waals surface area contributed by atoms with Gasteiger partial charge in [0.2, 0.25) is 0 Å². The fourth-order valence-electron chi connectivity index (χ4n) is 3.08. The Bertz CT molecular complexity index is 181. The molecule has 2 nitrogen and oxygen atoms in total. The number of hydrogen-bond donors (Lipinski definition) is 1. The lowest BCUT2D eigenvalue weighted by molar-refractivity contribution is 0.00195. The number of rotatable bonds is 7. The van der Waals surface area contributed by atoms with Gasteiger partial charge in [0.1, 0.15) is 0 Å². The third-order valence-electron chi connectivity index (χ3n) is 4.01. The van der Waals surface area contributed by atoms with Crippen molar-refractivity contribution in [1.29, 1.82) is 0 Å². The molecule has 0 heterocycles. The van der Waals surface area contributed by atoms with Crippen LogP contribution in [0.25, 0.3) is 0 Å². The van der Waals surface area contributed by atoms with Crippen LogP contribution in [0.4, 0.5) is 0 Å². The van der Waals surface area contributed by atoms with Crippen molar-refractivity contribution in [2.45, 2.75) is 71.9 Å². The summed E-state index contributed by atoms with van der Waals surface area (Å²) >= 11 is 0. The monoisotopic (exact) mass is 241 g/mol. The van der Waals surface area contributed by atoms with E-state index in [1.54, 1.807) is 0 Å². The summed E-state index contributed by atoms with van der Waals surface area (Å²) < 4.78 is 6.00. The second-order valence-corrected chi connectivity index (χ2v) is 5.88. The van der Waals surface area contributed by atoms with Crippen LogP contribution in [0.3, 0.4) is 0 Å². The van der Waals surface area contributed by atoms with Gasteiger partial charge in [-0.1, -0.05) is 27.7 Å². The fraction of sp³-hybridized carbons (Fsp3) is 1.00. The SMILES string of the molecule is CCC(CC)NCCOC1CC(C)CC(C)C1. The van der Waals surface area contributed by atoms with E-state index < -0.39 is 0 Å². The van der Waals surface area contributed by atoms with Gasteiger partial charge in [-0.15, -0.1) is 0 Å². The van der Waals surface area contributed by atoms with Crippen LogP contribution in [0.5, 0.6) is 0 Å². The van der Waals surface area contributed by atoms with E-state index >= 15 is 0 Å². The average Bonchev–Trinajstić information content (AvgIpc) is 2.28. The first kappa shape index (κ1) is 15.0. The van der Waals surface area contributed by atoms with Gasteiger partial charge < -0.3 is 10.1 Å². The average molecular weight is 241 g/mol. The largest absolute Gasteiger partial charge is 0.377 e. The van der Waals surface area contributed by atoms with E-state index in [1.165, 1.54) is 32.1 Å². The highest BCUT2D eigenvalue weighted by Crippen LogP contribution is 2.30. The molecule has 0 aliphatic heterocycles. The Kier molecular flexibility index (Phi) is 7.14. The Morgan fingerprint density at radius 1 is 1.06 bits per heavy atom. The molecule has 1 N–H and O–H groups in total. The lowest BCUT2D eigenvalue weighted by Crippen LogP contribution is -2.33. The highest BCUT2D eigenvalue weighted by Gasteiger charge is 2.24. The smallest absolute Gasteiger partial charge is 0.0594 e. The molecule has 1 aliphatic rings. The van der Waals surface area contributed by atoms with E-state index in [0.29, 0.717) is 12.1 Å². The zero-order valence-electron chi connectivity index (χ0n) is 12.2. The quantitative estimate of drug-likeness (QED) is 0.688. The fourth-order valence-corrected chi connectivity index (χ4v) is 3.08. The van der Waals surface area contributed by atoms with Crippen molar-refractivity contribution in [3.63, 3.8) is 0 Å². The van der Waals surface area contributed by atoms with Crippen LogP contribution in [-0.4, -0.2) is 25.3 Å². The zero-order valence-corrected chi connectivity index (χ0v) is 12.2. The maximum Gasteiger partial charge on any atom is 0.0594 e. The molecule has 0 saturated heterocycles. The molecule has 102 valence electrons. The van der Waals surface area contributed by atoms with Crippen LogP contribution in [0.15, 0.2) is 0 Å². The van der Waals surface area contributed by atoms with Crippen LogP contribution in [0.2, 0.25) is 0 Å². The summed E-state index contributed by atoms with van der Waals surface area (Å²) in [7, 11) is 0. The van der Waals surface area contributed by atoms with E-state index in [0.717, 1.165) is 25.0 Å². The molecule has 0 aromatic rings. The number of hydrogen-bond acceptors (Lipinski definition) is 2. The molecular weight excluding hydrogens is 210 g/mol. The maximum atomic E-state index is 6.00. The summed E-state index contributed by atoms with van der Waals surface area (Å²) in [5.41, 5.74) is 0. The van der Waals surface area contributed by atoms with E-state index in [2.05, 4.69) is 33.0 Å². The molecule has 2 heteroatoms. The third-order valence-corrected chi connectivity index (χ3v) is 4.01. The highest BCUT2D eigenvalue weighted by molar-refractivity contribution is 4.75. The van der Waals surface area contributed by atoms with Gasteiger partial charge >= 0.3 is 0 Å². The van der Waals surface area contributed by atoms with Crippen molar-refractivity contribution in [3.8, 4) is 0 Å². The Morgan fingerprint density at radius 2 is 1.65 bits per heavy atom. The summed E-state index contributed by atoms with van der Waals surface area (Å²) in [5.74, 6) is 1.69. The predicted molar refractivity (Wildman–Crippen MR) is 74.3 cm³/mol. The minimum absolute atomic E-state index is 0.511. The number of nitrogens with one attached hydrogen (secondary N) is 1. The Hall–Kier alpha value is -0.0800. The third kappa shape index (κ3) is 5.87. The molecule has 1 fully saturated rings. The molecule has 0 aromatic carbocycles. The van der Waals surface area contributed by atoms with Gasteiger partial charge in [-0.25, -0.2) is 0 Å². The van der Waals surface area contributed by atoms with Gasteiger partial charge in [0.05, 0.1) is 12.7 Å². The van der Waals surface area contributed by atoms with Gasteiger partial charge in [-0.05, 0) is 43.9 Å². The Labute approximate surface area is 108 Å². The summed E-state index contributed by atoms with van der Waals surface area (Å²) in [6.07, 6.45) is 6.84. The van der Waals surface area contributed by atoms with Crippen molar-refractivity contribution in [3.05, 3.63) is 0 Å². The van der Waals surface area contributed by atoms with E-state index in [9.17, 15) is 0 Å². The first-order valence-corrected chi connectivity index (χ1v) is 7.50. The van der Waals surface area contributed by atoms with E-state index in [4.69, 9.17) is 4.74 Å².